The molecular weight excluding hydrogens is 258 g/mol. The topological polar surface area (TPSA) is 46.2 Å². The van der Waals surface area contributed by atoms with Gasteiger partial charge in [0.05, 0.1) is 5.69 Å². The summed E-state index contributed by atoms with van der Waals surface area (Å²) in [5.74, 6) is 0.192. The molecule has 3 N–H and O–H groups in total. The molecule has 0 bridgehead atoms. The lowest BCUT2D eigenvalue weighted by Gasteiger charge is -2.30. The van der Waals surface area contributed by atoms with Crippen molar-refractivity contribution >= 4 is 5.69 Å². The molecule has 2 heteroatoms. The van der Waals surface area contributed by atoms with Crippen LogP contribution >= 0.6 is 0 Å². The quantitative estimate of drug-likeness (QED) is 0.625. The summed E-state index contributed by atoms with van der Waals surface area (Å²) in [7, 11) is 0. The number of rotatable bonds is 2. The average Bonchev–Trinajstić information content (AvgIpc) is 2.41. The molecule has 0 heterocycles. The lowest BCUT2D eigenvalue weighted by Crippen LogP contribution is -2.21. The normalized spacial score (nSPS) is 12.4. The van der Waals surface area contributed by atoms with Crippen LogP contribution in [0.5, 0.6) is 5.75 Å². The standard InChI is InChI=1S/C19H25NO/c1-18(2,3)14-11-15(17(21)16(20)12-14)19(4,5)13-9-7-6-8-10-13/h6-12,21H,20H2,1-5H3. The molecule has 0 aliphatic carbocycles. The first kappa shape index (κ1) is 15.4. The van der Waals surface area contributed by atoms with E-state index in [4.69, 9.17) is 5.73 Å². The highest BCUT2D eigenvalue weighted by atomic mass is 16.3. The predicted octanol–water partition coefficient (Wildman–Crippen LogP) is 4.60. The molecule has 112 valence electrons. The van der Waals surface area contributed by atoms with Crippen molar-refractivity contribution < 1.29 is 5.11 Å². The fraction of sp³-hybridized carbons (Fsp3) is 0.368. The molecule has 2 aromatic carbocycles. The van der Waals surface area contributed by atoms with Gasteiger partial charge in [-0.05, 0) is 22.6 Å². The number of aromatic hydroxyl groups is 1. The fourth-order valence-electron chi connectivity index (χ4n) is 2.58. The molecular formula is C19H25NO. The Morgan fingerprint density at radius 1 is 0.857 bits per heavy atom. The third-order valence-corrected chi connectivity index (χ3v) is 4.17. The minimum Gasteiger partial charge on any atom is -0.505 e. The van der Waals surface area contributed by atoms with E-state index in [1.165, 1.54) is 0 Å². The van der Waals surface area contributed by atoms with Gasteiger partial charge in [0.2, 0.25) is 0 Å². The zero-order valence-electron chi connectivity index (χ0n) is 13.6. The Kier molecular flexibility index (Phi) is 3.75. The first-order valence-electron chi connectivity index (χ1n) is 7.33. The summed E-state index contributed by atoms with van der Waals surface area (Å²) in [5, 5.41) is 10.5. The first-order valence-corrected chi connectivity index (χ1v) is 7.33. The minimum atomic E-state index is -0.305. The second-order valence-corrected chi connectivity index (χ2v) is 7.20. The van der Waals surface area contributed by atoms with Gasteiger partial charge in [-0.2, -0.15) is 0 Å². The van der Waals surface area contributed by atoms with E-state index in [0.717, 1.165) is 16.7 Å². The molecule has 0 radical (unpaired) electrons. The van der Waals surface area contributed by atoms with Crippen LogP contribution in [-0.2, 0) is 10.8 Å². The van der Waals surface area contributed by atoms with E-state index >= 15 is 0 Å². The van der Waals surface area contributed by atoms with Crippen molar-refractivity contribution in [2.45, 2.75) is 45.4 Å². The van der Waals surface area contributed by atoms with E-state index in [1.807, 2.05) is 24.3 Å². The molecule has 0 unspecified atom stereocenters. The number of anilines is 1. The van der Waals surface area contributed by atoms with Crippen LogP contribution in [0.25, 0.3) is 0 Å². The number of hydrogen-bond donors (Lipinski definition) is 2. The maximum absolute atomic E-state index is 10.5. The Morgan fingerprint density at radius 2 is 1.43 bits per heavy atom. The van der Waals surface area contributed by atoms with Gasteiger partial charge in [-0.15, -0.1) is 0 Å². The molecule has 2 aromatic rings. The molecule has 21 heavy (non-hydrogen) atoms. The summed E-state index contributed by atoms with van der Waals surface area (Å²) in [5.41, 5.74) is 9.34. The number of hydrogen-bond acceptors (Lipinski definition) is 2. The molecule has 0 atom stereocenters. The lowest BCUT2D eigenvalue weighted by atomic mass is 9.75. The van der Waals surface area contributed by atoms with Gasteiger partial charge in [-0.3, -0.25) is 0 Å². The van der Waals surface area contributed by atoms with E-state index in [1.54, 1.807) is 0 Å². The van der Waals surface area contributed by atoms with Crippen LogP contribution in [0.15, 0.2) is 42.5 Å². The highest BCUT2D eigenvalue weighted by molar-refractivity contribution is 5.62. The SMILES string of the molecule is CC(C)(C)c1cc(N)c(O)c(C(C)(C)c2ccccc2)c1. The van der Waals surface area contributed by atoms with Crippen molar-refractivity contribution in [1.82, 2.24) is 0 Å². The van der Waals surface area contributed by atoms with Crippen LogP contribution in [0.1, 0.15) is 51.3 Å². The largest absolute Gasteiger partial charge is 0.505 e. The Balaban J connectivity index is 2.65. The van der Waals surface area contributed by atoms with Gasteiger partial charge in [-0.1, -0.05) is 71.0 Å². The Bertz CT molecular complexity index is 637. The Morgan fingerprint density at radius 3 is 1.95 bits per heavy atom. The van der Waals surface area contributed by atoms with Crippen LogP contribution in [0.4, 0.5) is 5.69 Å². The average molecular weight is 283 g/mol. The molecule has 0 saturated carbocycles. The van der Waals surface area contributed by atoms with Crippen molar-refractivity contribution in [3.8, 4) is 5.75 Å². The van der Waals surface area contributed by atoms with Gasteiger partial charge in [0, 0.05) is 11.0 Å². The van der Waals surface area contributed by atoms with Crippen molar-refractivity contribution in [1.29, 1.82) is 0 Å². The maximum atomic E-state index is 10.5. The fourth-order valence-corrected chi connectivity index (χ4v) is 2.58. The van der Waals surface area contributed by atoms with Crippen LogP contribution < -0.4 is 5.73 Å². The Labute approximate surface area is 127 Å². The van der Waals surface area contributed by atoms with Gasteiger partial charge in [-0.25, -0.2) is 0 Å². The van der Waals surface area contributed by atoms with Crippen LogP contribution in [-0.4, -0.2) is 5.11 Å². The summed E-state index contributed by atoms with van der Waals surface area (Å²) in [6.45, 7) is 10.7. The zero-order valence-corrected chi connectivity index (χ0v) is 13.6. The summed E-state index contributed by atoms with van der Waals surface area (Å²) in [6, 6.07) is 14.2. The molecule has 0 amide bonds. The third-order valence-electron chi connectivity index (χ3n) is 4.17. The van der Waals surface area contributed by atoms with E-state index in [-0.39, 0.29) is 16.6 Å². The highest BCUT2D eigenvalue weighted by Gasteiger charge is 2.29. The molecule has 0 aromatic heterocycles. The van der Waals surface area contributed by atoms with Crippen molar-refractivity contribution in [2.75, 3.05) is 5.73 Å². The van der Waals surface area contributed by atoms with Gasteiger partial charge in [0.25, 0.3) is 0 Å². The lowest BCUT2D eigenvalue weighted by molar-refractivity contribution is 0.454. The van der Waals surface area contributed by atoms with Gasteiger partial charge >= 0.3 is 0 Å². The third kappa shape index (κ3) is 2.90. The van der Waals surface area contributed by atoms with Crippen molar-refractivity contribution in [2.24, 2.45) is 0 Å². The highest BCUT2D eigenvalue weighted by Crippen LogP contribution is 2.42. The summed E-state index contributed by atoms with van der Waals surface area (Å²) in [6.07, 6.45) is 0. The molecule has 2 rings (SSSR count). The summed E-state index contributed by atoms with van der Waals surface area (Å²) in [4.78, 5) is 0. The molecule has 0 fully saturated rings. The molecule has 0 spiro atoms. The second kappa shape index (κ2) is 5.10. The molecule has 0 saturated heterocycles. The number of nitrogens with two attached hydrogens (primary N) is 1. The summed E-state index contributed by atoms with van der Waals surface area (Å²) >= 11 is 0. The van der Waals surface area contributed by atoms with Gasteiger partial charge in [0.1, 0.15) is 5.75 Å². The second-order valence-electron chi connectivity index (χ2n) is 7.20. The predicted molar refractivity (Wildman–Crippen MR) is 89.8 cm³/mol. The number of phenolic OH excluding ortho intramolecular Hbond substituents is 1. The first-order chi connectivity index (χ1) is 9.64. The minimum absolute atomic E-state index is 0.0106. The van der Waals surface area contributed by atoms with E-state index in [9.17, 15) is 5.11 Å². The number of benzene rings is 2. The van der Waals surface area contributed by atoms with Gasteiger partial charge in [0.15, 0.2) is 0 Å². The monoisotopic (exact) mass is 283 g/mol. The van der Waals surface area contributed by atoms with E-state index < -0.39 is 0 Å². The summed E-state index contributed by atoms with van der Waals surface area (Å²) < 4.78 is 0. The van der Waals surface area contributed by atoms with Crippen LogP contribution in [0.3, 0.4) is 0 Å². The van der Waals surface area contributed by atoms with E-state index in [2.05, 4.69) is 52.8 Å². The Hall–Kier alpha value is -1.96. The number of phenols is 1. The van der Waals surface area contributed by atoms with Crippen LogP contribution in [0, 0.1) is 0 Å². The molecule has 2 nitrogen and oxygen atoms in total. The van der Waals surface area contributed by atoms with Crippen molar-refractivity contribution in [3.05, 3.63) is 59.2 Å². The van der Waals surface area contributed by atoms with E-state index in [0.29, 0.717) is 5.69 Å². The van der Waals surface area contributed by atoms with Crippen molar-refractivity contribution in [3.63, 3.8) is 0 Å². The van der Waals surface area contributed by atoms with Gasteiger partial charge < -0.3 is 10.8 Å². The number of nitrogen functional groups attached to an aromatic ring is 1. The smallest absolute Gasteiger partial charge is 0.142 e. The molecule has 0 aliphatic rings. The maximum Gasteiger partial charge on any atom is 0.142 e. The zero-order chi connectivity index (χ0) is 15.8. The molecule has 0 aliphatic heterocycles. The van der Waals surface area contributed by atoms with Crippen LogP contribution in [0.2, 0.25) is 0 Å².